The van der Waals surface area contributed by atoms with Crippen LogP contribution in [0, 0.1) is 0 Å². The maximum atomic E-state index is 2.38. The molecule has 0 N–H and O–H groups in total. The molecule has 56 valence electrons. The fourth-order valence-corrected chi connectivity index (χ4v) is 3.16. The molecule has 0 fully saturated rings. The summed E-state index contributed by atoms with van der Waals surface area (Å²) < 4.78 is 0. The van der Waals surface area contributed by atoms with Crippen molar-refractivity contribution in [3.8, 4) is 0 Å². The summed E-state index contributed by atoms with van der Waals surface area (Å²) in [7, 11) is 0.139. The highest BCUT2D eigenvalue weighted by atomic mass is 28.2. The van der Waals surface area contributed by atoms with Gasteiger partial charge < -0.3 is 0 Å². The Labute approximate surface area is 65.8 Å². The minimum atomic E-state index is 0.139. The molecule has 0 bridgehead atoms. The van der Waals surface area contributed by atoms with Gasteiger partial charge >= 0.3 is 0 Å². The predicted octanol–water partition coefficient (Wildman–Crippen LogP) is 2.29. The third kappa shape index (κ3) is 2.14. The van der Waals surface area contributed by atoms with Gasteiger partial charge in [-0.3, -0.25) is 0 Å². The van der Waals surface area contributed by atoms with Gasteiger partial charge in [0, 0.05) is 9.52 Å². The maximum absolute atomic E-state index is 2.38. The molecule has 0 heterocycles. The maximum Gasteiger partial charge on any atom is 0.0355 e. The topological polar surface area (TPSA) is 0 Å². The molecule has 0 aromatic heterocycles. The van der Waals surface area contributed by atoms with E-state index in [1.165, 1.54) is 6.42 Å². The van der Waals surface area contributed by atoms with Crippen LogP contribution in [0.2, 0.25) is 11.1 Å². The van der Waals surface area contributed by atoms with E-state index in [0.29, 0.717) is 0 Å². The van der Waals surface area contributed by atoms with E-state index in [0.717, 1.165) is 11.1 Å². The molecular formula is C9H16Si. The molecule has 0 aromatic carbocycles. The summed E-state index contributed by atoms with van der Waals surface area (Å²) in [4.78, 5) is 0. The Hall–Kier alpha value is -0.303. The molecule has 0 saturated heterocycles. The van der Waals surface area contributed by atoms with Crippen LogP contribution in [0.15, 0.2) is 24.3 Å². The Kier molecular flexibility index (Phi) is 2.94. The van der Waals surface area contributed by atoms with Crippen LogP contribution in [0.25, 0.3) is 0 Å². The summed E-state index contributed by atoms with van der Waals surface area (Å²) in [5.41, 5.74) is 1.88. The van der Waals surface area contributed by atoms with E-state index in [2.05, 4.69) is 38.2 Å². The van der Waals surface area contributed by atoms with Gasteiger partial charge in [-0.1, -0.05) is 50.1 Å². The van der Waals surface area contributed by atoms with Crippen LogP contribution in [0.5, 0.6) is 0 Å². The summed E-state index contributed by atoms with van der Waals surface area (Å²) in [5, 5.41) is 0. The first kappa shape index (κ1) is 7.80. The lowest BCUT2D eigenvalue weighted by Crippen LogP contribution is -2.02. The van der Waals surface area contributed by atoms with Crippen molar-refractivity contribution in [3.63, 3.8) is 0 Å². The Morgan fingerprint density at radius 3 is 2.50 bits per heavy atom. The molecule has 0 nitrogen and oxygen atoms in total. The van der Waals surface area contributed by atoms with Gasteiger partial charge in [0.15, 0.2) is 0 Å². The zero-order valence-corrected chi connectivity index (χ0v) is 8.29. The molecule has 0 radical (unpaired) electrons. The van der Waals surface area contributed by atoms with Gasteiger partial charge in [0.25, 0.3) is 0 Å². The highest BCUT2D eigenvalue weighted by Gasteiger charge is 2.08. The number of rotatable bonds is 3. The minimum Gasteiger partial charge on any atom is -0.0810 e. The Balaban J connectivity index is 2.25. The molecule has 1 aliphatic carbocycles. The first-order valence-electron chi connectivity index (χ1n) is 4.18. The van der Waals surface area contributed by atoms with Crippen molar-refractivity contribution >= 4 is 9.52 Å². The van der Waals surface area contributed by atoms with E-state index in [9.17, 15) is 0 Å². The van der Waals surface area contributed by atoms with E-state index >= 15 is 0 Å². The van der Waals surface area contributed by atoms with Crippen molar-refractivity contribution in [3.05, 3.63) is 24.3 Å². The summed E-state index contributed by atoms with van der Waals surface area (Å²) in [6, 6.07) is 0. The highest BCUT2D eigenvalue weighted by Crippen LogP contribution is 2.20. The quantitative estimate of drug-likeness (QED) is 0.544. The van der Waals surface area contributed by atoms with Crippen molar-refractivity contribution in [2.45, 2.75) is 31.4 Å². The van der Waals surface area contributed by atoms with Crippen molar-refractivity contribution in [1.29, 1.82) is 0 Å². The van der Waals surface area contributed by atoms with Crippen LogP contribution in [-0.4, -0.2) is 9.52 Å². The third-order valence-corrected chi connectivity index (χ3v) is 4.67. The largest absolute Gasteiger partial charge is 0.0810 e. The van der Waals surface area contributed by atoms with Gasteiger partial charge in [0.1, 0.15) is 0 Å². The molecule has 0 spiro atoms. The predicted molar refractivity (Wildman–Crippen MR) is 50.3 cm³/mol. The molecule has 1 rings (SSSR count). The fraction of sp³-hybridized carbons (Fsp3) is 0.556. The van der Waals surface area contributed by atoms with E-state index in [1.807, 2.05) is 0 Å². The van der Waals surface area contributed by atoms with Gasteiger partial charge in [-0.25, -0.2) is 0 Å². The van der Waals surface area contributed by atoms with Crippen LogP contribution < -0.4 is 0 Å². The number of allylic oxidation sites excluding steroid dienone is 4. The van der Waals surface area contributed by atoms with Crippen LogP contribution >= 0.6 is 0 Å². The monoisotopic (exact) mass is 152 g/mol. The lowest BCUT2D eigenvalue weighted by Gasteiger charge is -2.09. The molecular weight excluding hydrogens is 136 g/mol. The Morgan fingerprint density at radius 1 is 1.40 bits per heavy atom. The molecule has 1 unspecified atom stereocenters. The first-order valence-corrected chi connectivity index (χ1v) is 5.81. The summed E-state index contributed by atoms with van der Waals surface area (Å²) >= 11 is 0. The van der Waals surface area contributed by atoms with Crippen molar-refractivity contribution in [1.82, 2.24) is 0 Å². The van der Waals surface area contributed by atoms with E-state index in [1.54, 1.807) is 0 Å². The summed E-state index contributed by atoms with van der Waals surface area (Å²) in [5.74, 6) is 0. The lowest BCUT2D eigenvalue weighted by molar-refractivity contribution is 0.862. The van der Waals surface area contributed by atoms with Gasteiger partial charge in [-0.05, 0) is 5.54 Å². The van der Waals surface area contributed by atoms with Crippen molar-refractivity contribution < 1.29 is 0 Å². The molecule has 0 aliphatic heterocycles. The first-order chi connectivity index (χ1) is 4.83. The Morgan fingerprint density at radius 2 is 2.00 bits per heavy atom. The van der Waals surface area contributed by atoms with Gasteiger partial charge in [-0.2, -0.15) is 0 Å². The smallest absolute Gasteiger partial charge is 0.0355 e. The van der Waals surface area contributed by atoms with Crippen molar-refractivity contribution in [2.24, 2.45) is 0 Å². The zero-order chi connectivity index (χ0) is 7.40. The second-order valence-corrected chi connectivity index (χ2v) is 5.99. The van der Waals surface area contributed by atoms with Crippen LogP contribution in [-0.2, 0) is 0 Å². The van der Waals surface area contributed by atoms with Gasteiger partial charge in [-0.15, -0.1) is 0 Å². The van der Waals surface area contributed by atoms with Crippen molar-refractivity contribution in [2.75, 3.05) is 0 Å². The summed E-state index contributed by atoms with van der Waals surface area (Å²) in [6.07, 6.45) is 10.4. The minimum absolute atomic E-state index is 0.139. The molecule has 0 saturated carbocycles. The molecule has 1 aliphatic rings. The molecule has 1 heteroatoms. The molecule has 0 aromatic rings. The molecule has 1 atom stereocenters. The number of hydrogen-bond acceptors (Lipinski definition) is 0. The normalized spacial score (nSPS) is 21.4. The lowest BCUT2D eigenvalue weighted by atomic mass is 10.4. The Bertz CT molecular complexity index is 135. The third-order valence-electron chi connectivity index (χ3n) is 2.20. The summed E-state index contributed by atoms with van der Waals surface area (Å²) in [6.45, 7) is 4.67. The van der Waals surface area contributed by atoms with Gasteiger partial charge in [0.2, 0.25) is 0 Å². The second kappa shape index (κ2) is 3.77. The van der Waals surface area contributed by atoms with E-state index in [4.69, 9.17) is 0 Å². The van der Waals surface area contributed by atoms with Crippen LogP contribution in [0.3, 0.4) is 0 Å². The average molecular weight is 152 g/mol. The standard InChI is InChI=1S/C9H16Si/c1-3-8(2)10-9-6-4-5-7-9/h4-9H,3,10H2,1-2H3. The van der Waals surface area contributed by atoms with E-state index in [-0.39, 0.29) is 9.52 Å². The molecule has 0 amide bonds. The van der Waals surface area contributed by atoms with E-state index < -0.39 is 0 Å². The van der Waals surface area contributed by atoms with Crippen LogP contribution in [0.1, 0.15) is 20.3 Å². The number of hydrogen-bond donors (Lipinski definition) is 0. The van der Waals surface area contributed by atoms with Crippen LogP contribution in [0.4, 0.5) is 0 Å². The second-order valence-electron chi connectivity index (χ2n) is 3.18. The van der Waals surface area contributed by atoms with Gasteiger partial charge in [0.05, 0.1) is 0 Å². The highest BCUT2D eigenvalue weighted by molar-refractivity contribution is 6.41. The average Bonchev–Trinajstić information content (AvgIpc) is 2.40. The fourth-order valence-electron chi connectivity index (χ4n) is 1.27. The molecule has 10 heavy (non-hydrogen) atoms. The zero-order valence-electron chi connectivity index (χ0n) is 6.88. The SMILES string of the molecule is CCC(C)[SiH2]C1C=CC=C1.